The molecule has 0 atom stereocenters. The Kier molecular flexibility index (Phi) is 6.38. The fourth-order valence-electron chi connectivity index (χ4n) is 4.93. The molecule has 0 fully saturated rings. The first-order valence-electron chi connectivity index (χ1n) is 13.1. The molecule has 210 valence electrons. The number of nitrogens with two attached hydrogens (primary N) is 1. The summed E-state index contributed by atoms with van der Waals surface area (Å²) in [5.41, 5.74) is 7.64. The smallest absolute Gasteiger partial charge is 0.283 e. The van der Waals surface area contributed by atoms with Crippen LogP contribution in [0, 0.1) is 5.82 Å². The Morgan fingerprint density at radius 3 is 2.57 bits per heavy atom. The number of primary amides is 1. The maximum absolute atomic E-state index is 15.3. The summed E-state index contributed by atoms with van der Waals surface area (Å²) in [6.45, 7) is 5.29. The van der Waals surface area contributed by atoms with Gasteiger partial charge in [0, 0.05) is 40.5 Å². The number of aromatic nitrogens is 6. The molecule has 0 aliphatic carbocycles. The molecule has 0 aliphatic heterocycles. The minimum absolute atomic E-state index is 0.00811. The van der Waals surface area contributed by atoms with Crippen LogP contribution in [0.2, 0.25) is 0 Å². The number of hydrogen-bond acceptors (Lipinski definition) is 7. The first-order chi connectivity index (χ1) is 20.1. The van der Waals surface area contributed by atoms with Crippen molar-refractivity contribution >= 4 is 27.6 Å². The summed E-state index contributed by atoms with van der Waals surface area (Å²) in [7, 11) is 0. The van der Waals surface area contributed by atoms with Crippen LogP contribution in [0.25, 0.3) is 44.4 Å². The number of aliphatic hydroxyl groups is 1. The molecule has 1 amide bonds. The lowest BCUT2D eigenvalue weighted by Crippen LogP contribution is -2.25. The Morgan fingerprint density at radius 1 is 1.05 bits per heavy atom. The number of benzene rings is 2. The summed E-state index contributed by atoms with van der Waals surface area (Å²) in [5.74, 6) is -1.39. The SMILES string of the molecule is CC(C)(C)c1cc(F)c2c(=O)n(-c3nccc(-n4cc(C(N)=O)c(-c5cnc6ccccc6c5)n4)c3CO)ncc2c1. The quantitative estimate of drug-likeness (QED) is 0.320. The molecule has 4 aromatic heterocycles. The highest BCUT2D eigenvalue weighted by molar-refractivity contribution is 5.99. The summed E-state index contributed by atoms with van der Waals surface area (Å²) in [4.78, 5) is 34.7. The molecule has 0 radical (unpaired) electrons. The Morgan fingerprint density at radius 2 is 1.83 bits per heavy atom. The lowest BCUT2D eigenvalue weighted by molar-refractivity contribution is 0.100. The van der Waals surface area contributed by atoms with E-state index in [2.05, 4.69) is 20.2 Å². The van der Waals surface area contributed by atoms with Crippen LogP contribution in [-0.2, 0) is 12.0 Å². The fraction of sp³-hybridized carbons (Fsp3) is 0.161. The summed E-state index contributed by atoms with van der Waals surface area (Å²) in [5, 5.41) is 20.4. The van der Waals surface area contributed by atoms with Gasteiger partial charge in [0.25, 0.3) is 11.5 Å². The van der Waals surface area contributed by atoms with Crippen molar-refractivity contribution in [3.8, 4) is 22.8 Å². The first kappa shape index (κ1) is 26.9. The Hall–Kier alpha value is -5.29. The zero-order valence-electron chi connectivity index (χ0n) is 23.0. The summed E-state index contributed by atoms with van der Waals surface area (Å²) >= 11 is 0. The Balaban J connectivity index is 1.51. The van der Waals surface area contributed by atoms with Gasteiger partial charge < -0.3 is 10.8 Å². The van der Waals surface area contributed by atoms with E-state index < -0.39 is 23.9 Å². The molecular formula is C31H26FN7O3. The number of pyridine rings is 2. The maximum Gasteiger partial charge on any atom is 0.283 e. The zero-order valence-corrected chi connectivity index (χ0v) is 23.0. The Labute approximate surface area is 238 Å². The second kappa shape index (κ2) is 9.96. The Bertz CT molecular complexity index is 2090. The van der Waals surface area contributed by atoms with Crippen LogP contribution >= 0.6 is 0 Å². The van der Waals surface area contributed by atoms with Crippen LogP contribution in [0.5, 0.6) is 0 Å². The van der Waals surface area contributed by atoms with E-state index in [9.17, 15) is 14.7 Å². The van der Waals surface area contributed by atoms with Crippen molar-refractivity contribution in [2.75, 3.05) is 0 Å². The summed E-state index contributed by atoms with van der Waals surface area (Å²) < 4.78 is 17.6. The summed E-state index contributed by atoms with van der Waals surface area (Å²) in [6.07, 6.45) is 5.85. The standard InChI is InChI=1S/C31H26FN7O3/c1-31(2,3)20-11-18-14-36-39(30(42)26(18)23(32)12-20)29-22(16-40)25(8-9-34-29)38-15-21(28(33)41)27(37-38)19-10-17-6-4-5-7-24(17)35-13-19/h4-15,40H,16H2,1-3H3,(H2,33,41). The molecule has 0 saturated heterocycles. The number of carbonyl (C=O) groups is 1. The van der Waals surface area contributed by atoms with Crippen molar-refractivity contribution in [1.29, 1.82) is 0 Å². The van der Waals surface area contributed by atoms with Crippen molar-refractivity contribution in [2.45, 2.75) is 32.8 Å². The van der Waals surface area contributed by atoms with Crippen LogP contribution in [0.4, 0.5) is 4.39 Å². The van der Waals surface area contributed by atoms with Gasteiger partial charge >= 0.3 is 0 Å². The fourth-order valence-corrected chi connectivity index (χ4v) is 4.93. The maximum atomic E-state index is 15.3. The average Bonchev–Trinajstić information content (AvgIpc) is 3.42. The molecule has 0 spiro atoms. The van der Waals surface area contributed by atoms with E-state index in [1.165, 1.54) is 29.3 Å². The third-order valence-electron chi connectivity index (χ3n) is 7.16. The van der Waals surface area contributed by atoms with Crippen LogP contribution in [0.1, 0.15) is 42.3 Å². The highest BCUT2D eigenvalue weighted by Gasteiger charge is 2.23. The minimum Gasteiger partial charge on any atom is -0.391 e. The molecule has 0 unspecified atom stereocenters. The van der Waals surface area contributed by atoms with Gasteiger partial charge in [0.15, 0.2) is 5.82 Å². The number of halogens is 1. The molecule has 11 heteroatoms. The second-order valence-electron chi connectivity index (χ2n) is 10.9. The predicted octanol–water partition coefficient (Wildman–Crippen LogP) is 4.21. The molecule has 3 N–H and O–H groups in total. The first-order valence-corrected chi connectivity index (χ1v) is 13.1. The van der Waals surface area contributed by atoms with Crippen molar-refractivity contribution in [3.05, 3.63) is 106 Å². The molecule has 42 heavy (non-hydrogen) atoms. The average molecular weight is 564 g/mol. The van der Waals surface area contributed by atoms with E-state index in [0.29, 0.717) is 22.3 Å². The zero-order chi connectivity index (χ0) is 29.8. The van der Waals surface area contributed by atoms with Crippen molar-refractivity contribution in [2.24, 2.45) is 5.73 Å². The third-order valence-corrected chi connectivity index (χ3v) is 7.16. The minimum atomic E-state index is -0.731. The van der Waals surface area contributed by atoms with Crippen LogP contribution in [0.3, 0.4) is 0 Å². The monoisotopic (exact) mass is 563 g/mol. The van der Waals surface area contributed by atoms with E-state index in [1.807, 2.05) is 51.1 Å². The van der Waals surface area contributed by atoms with Crippen molar-refractivity contribution in [1.82, 2.24) is 29.5 Å². The highest BCUT2D eigenvalue weighted by Crippen LogP contribution is 2.29. The predicted molar refractivity (Wildman–Crippen MR) is 156 cm³/mol. The molecule has 6 rings (SSSR count). The number of para-hydroxylation sites is 1. The normalized spacial score (nSPS) is 11.8. The van der Waals surface area contributed by atoms with Gasteiger partial charge in [-0.25, -0.2) is 14.1 Å². The second-order valence-corrected chi connectivity index (χ2v) is 10.9. The number of fused-ring (bicyclic) bond motifs is 2. The molecule has 10 nitrogen and oxygen atoms in total. The van der Waals surface area contributed by atoms with Gasteiger partial charge in [-0.3, -0.25) is 14.6 Å². The van der Waals surface area contributed by atoms with E-state index in [4.69, 9.17) is 5.73 Å². The van der Waals surface area contributed by atoms with Crippen LogP contribution in [-0.4, -0.2) is 40.5 Å². The molecule has 6 aromatic rings. The molecule has 4 heterocycles. The van der Waals surface area contributed by atoms with Gasteiger partial charge in [-0.05, 0) is 41.3 Å². The van der Waals surface area contributed by atoms with E-state index in [0.717, 1.165) is 21.1 Å². The van der Waals surface area contributed by atoms with Gasteiger partial charge in [0.2, 0.25) is 0 Å². The van der Waals surface area contributed by atoms with Gasteiger partial charge in [-0.15, -0.1) is 0 Å². The molecule has 2 aromatic carbocycles. The molecule has 0 bridgehead atoms. The van der Waals surface area contributed by atoms with Crippen LogP contribution < -0.4 is 11.3 Å². The van der Waals surface area contributed by atoms with Crippen LogP contribution in [0.15, 0.2) is 78.1 Å². The molecular weight excluding hydrogens is 537 g/mol. The third kappa shape index (κ3) is 4.49. The largest absolute Gasteiger partial charge is 0.391 e. The van der Waals surface area contributed by atoms with Gasteiger partial charge in [0.1, 0.15) is 11.5 Å². The number of hydrogen-bond donors (Lipinski definition) is 2. The topological polar surface area (TPSA) is 142 Å². The highest BCUT2D eigenvalue weighted by atomic mass is 19.1. The molecule has 0 saturated carbocycles. The van der Waals surface area contributed by atoms with E-state index in [-0.39, 0.29) is 27.7 Å². The van der Waals surface area contributed by atoms with Crippen molar-refractivity contribution in [3.63, 3.8) is 0 Å². The summed E-state index contributed by atoms with van der Waals surface area (Å²) in [6, 6.07) is 14.0. The lowest BCUT2D eigenvalue weighted by atomic mass is 9.86. The van der Waals surface area contributed by atoms with Crippen molar-refractivity contribution < 1.29 is 14.3 Å². The molecule has 0 aliphatic rings. The van der Waals surface area contributed by atoms with Gasteiger partial charge in [0.05, 0.1) is 35.0 Å². The van der Waals surface area contributed by atoms with Gasteiger partial charge in [-0.2, -0.15) is 14.9 Å². The van der Waals surface area contributed by atoms with E-state index in [1.54, 1.807) is 18.3 Å². The number of aliphatic hydroxyl groups excluding tert-OH is 1. The number of amides is 1. The number of nitrogens with zero attached hydrogens (tertiary/aromatic N) is 6. The van der Waals surface area contributed by atoms with E-state index >= 15 is 4.39 Å². The number of rotatable bonds is 5. The number of carbonyl (C=O) groups excluding carboxylic acids is 1. The lowest BCUT2D eigenvalue weighted by Gasteiger charge is -2.20. The van der Waals surface area contributed by atoms with Gasteiger partial charge in [-0.1, -0.05) is 39.0 Å².